The van der Waals surface area contributed by atoms with Crippen LogP contribution in [-0.4, -0.2) is 35.9 Å². The van der Waals surface area contributed by atoms with Gasteiger partial charge in [-0.25, -0.2) is 0 Å². The molecule has 19 heavy (non-hydrogen) atoms. The van der Waals surface area contributed by atoms with Crippen LogP contribution in [0.25, 0.3) is 0 Å². The van der Waals surface area contributed by atoms with Gasteiger partial charge in [0.05, 0.1) is 13.2 Å². The molecule has 2 unspecified atom stereocenters. The Morgan fingerprint density at radius 3 is 2.63 bits per heavy atom. The first-order valence-electron chi connectivity index (χ1n) is 6.24. The Labute approximate surface area is 113 Å². The smallest absolute Gasteiger partial charge is 0.320 e. The highest BCUT2D eigenvalue weighted by Crippen LogP contribution is 2.18. The molecule has 0 heterocycles. The number of aliphatic hydroxyl groups is 1. The van der Waals surface area contributed by atoms with E-state index < -0.39 is 18.1 Å². The van der Waals surface area contributed by atoms with Gasteiger partial charge in [0, 0.05) is 6.54 Å². The minimum absolute atomic E-state index is 0.0463. The molecule has 0 saturated heterocycles. The van der Waals surface area contributed by atoms with E-state index in [-0.39, 0.29) is 12.5 Å². The third-order valence-corrected chi connectivity index (χ3v) is 2.94. The largest absolute Gasteiger partial charge is 0.497 e. The number of hydrogen-bond donors (Lipinski definition) is 3. The van der Waals surface area contributed by atoms with Crippen LogP contribution in [0.4, 0.5) is 0 Å². The maximum absolute atomic E-state index is 11.0. The zero-order chi connectivity index (χ0) is 14.4. The summed E-state index contributed by atoms with van der Waals surface area (Å²) in [7, 11) is 1.56. The monoisotopic (exact) mass is 267 g/mol. The topological polar surface area (TPSA) is 78.8 Å². The van der Waals surface area contributed by atoms with E-state index in [0.29, 0.717) is 11.3 Å². The van der Waals surface area contributed by atoms with E-state index in [1.165, 1.54) is 0 Å². The molecule has 1 aromatic carbocycles. The lowest BCUT2D eigenvalue weighted by Gasteiger charge is -2.20. The van der Waals surface area contributed by atoms with Crippen molar-refractivity contribution < 1.29 is 19.7 Å². The summed E-state index contributed by atoms with van der Waals surface area (Å²) in [4.78, 5) is 11.0. The highest BCUT2D eigenvalue weighted by atomic mass is 16.5. The van der Waals surface area contributed by atoms with Gasteiger partial charge in [-0.05, 0) is 23.6 Å². The number of carboxylic acids is 1. The van der Waals surface area contributed by atoms with Crippen LogP contribution in [-0.2, 0) is 4.79 Å². The lowest BCUT2D eigenvalue weighted by atomic mass is 10.0. The highest BCUT2D eigenvalue weighted by Gasteiger charge is 2.22. The van der Waals surface area contributed by atoms with E-state index in [0.717, 1.165) is 0 Å². The summed E-state index contributed by atoms with van der Waals surface area (Å²) in [5, 5.41) is 22.0. The molecule has 106 valence electrons. The molecule has 0 radical (unpaired) electrons. The maximum atomic E-state index is 11.0. The second kappa shape index (κ2) is 7.11. The van der Waals surface area contributed by atoms with Crippen LogP contribution >= 0.6 is 0 Å². The molecule has 0 aliphatic carbocycles. The number of methoxy groups -OCH3 is 1. The van der Waals surface area contributed by atoms with E-state index in [1.807, 2.05) is 13.8 Å². The lowest BCUT2D eigenvalue weighted by Crippen LogP contribution is -2.42. The molecule has 0 bridgehead atoms. The van der Waals surface area contributed by atoms with E-state index >= 15 is 0 Å². The molecule has 0 spiro atoms. The fraction of sp³-hybridized carbons (Fsp3) is 0.500. The number of aliphatic carboxylic acids is 1. The third-order valence-electron chi connectivity index (χ3n) is 2.94. The number of nitrogens with one attached hydrogen (secondary N) is 1. The number of ether oxygens (including phenoxy) is 1. The third kappa shape index (κ3) is 4.54. The van der Waals surface area contributed by atoms with E-state index in [4.69, 9.17) is 9.84 Å². The zero-order valence-electron chi connectivity index (χ0n) is 11.5. The highest BCUT2D eigenvalue weighted by molar-refractivity contribution is 5.73. The molecule has 2 atom stereocenters. The van der Waals surface area contributed by atoms with Crippen molar-refractivity contribution in [2.24, 2.45) is 5.92 Å². The van der Waals surface area contributed by atoms with Gasteiger partial charge >= 0.3 is 5.97 Å². The summed E-state index contributed by atoms with van der Waals surface area (Å²) < 4.78 is 5.08. The molecule has 0 aliphatic rings. The Bertz CT molecular complexity index is 420. The van der Waals surface area contributed by atoms with Crippen molar-refractivity contribution in [3.8, 4) is 5.75 Å². The van der Waals surface area contributed by atoms with Crippen molar-refractivity contribution >= 4 is 5.97 Å². The minimum atomic E-state index is -0.909. The van der Waals surface area contributed by atoms with Gasteiger partial charge in [0.2, 0.25) is 0 Å². The fourth-order valence-electron chi connectivity index (χ4n) is 1.81. The number of aliphatic hydroxyl groups excluding tert-OH is 1. The molecule has 1 aromatic rings. The number of carboxylic acid groups (broad SMARTS) is 1. The first-order chi connectivity index (χ1) is 8.95. The van der Waals surface area contributed by atoms with Crippen LogP contribution in [0.1, 0.15) is 25.5 Å². The predicted octanol–water partition coefficient (Wildman–Crippen LogP) is 1.43. The molecule has 1 rings (SSSR count). The molecule has 5 nitrogen and oxygen atoms in total. The molecular weight excluding hydrogens is 246 g/mol. The molecule has 0 fully saturated rings. The summed E-state index contributed by atoms with van der Waals surface area (Å²) >= 11 is 0. The maximum Gasteiger partial charge on any atom is 0.320 e. The first kappa shape index (κ1) is 15.5. The average Bonchev–Trinajstić information content (AvgIpc) is 2.38. The van der Waals surface area contributed by atoms with Gasteiger partial charge in [0.25, 0.3) is 0 Å². The van der Waals surface area contributed by atoms with Crippen LogP contribution in [0.15, 0.2) is 24.3 Å². The van der Waals surface area contributed by atoms with Crippen LogP contribution < -0.4 is 10.1 Å². The van der Waals surface area contributed by atoms with Crippen molar-refractivity contribution in [2.75, 3.05) is 13.7 Å². The number of carbonyl (C=O) groups is 1. The van der Waals surface area contributed by atoms with E-state index in [1.54, 1.807) is 31.4 Å². The number of benzene rings is 1. The lowest BCUT2D eigenvalue weighted by molar-refractivity contribution is -0.140. The predicted molar refractivity (Wildman–Crippen MR) is 72.2 cm³/mol. The van der Waals surface area contributed by atoms with Gasteiger partial charge in [0.15, 0.2) is 0 Å². The van der Waals surface area contributed by atoms with Crippen LogP contribution in [0.3, 0.4) is 0 Å². The molecule has 5 heteroatoms. The molecule has 3 N–H and O–H groups in total. The van der Waals surface area contributed by atoms with Gasteiger partial charge in [-0.2, -0.15) is 0 Å². The van der Waals surface area contributed by atoms with Gasteiger partial charge in [-0.1, -0.05) is 26.0 Å². The van der Waals surface area contributed by atoms with Crippen molar-refractivity contribution in [2.45, 2.75) is 26.0 Å². The number of hydrogen-bond acceptors (Lipinski definition) is 4. The fourth-order valence-corrected chi connectivity index (χ4v) is 1.81. The van der Waals surface area contributed by atoms with Gasteiger partial charge in [-0.15, -0.1) is 0 Å². The van der Waals surface area contributed by atoms with Gasteiger partial charge in [0.1, 0.15) is 11.8 Å². The molecule has 0 aliphatic heterocycles. The quantitative estimate of drug-likeness (QED) is 0.696. The van der Waals surface area contributed by atoms with E-state index in [2.05, 4.69) is 5.32 Å². The number of rotatable bonds is 7. The summed E-state index contributed by atoms with van der Waals surface area (Å²) in [6.45, 7) is 3.83. The van der Waals surface area contributed by atoms with Crippen molar-refractivity contribution in [1.29, 1.82) is 0 Å². The van der Waals surface area contributed by atoms with Crippen LogP contribution in [0, 0.1) is 5.92 Å². The van der Waals surface area contributed by atoms with E-state index in [9.17, 15) is 9.90 Å². The van der Waals surface area contributed by atoms with Crippen LogP contribution in [0.5, 0.6) is 5.75 Å². The van der Waals surface area contributed by atoms with Crippen molar-refractivity contribution in [1.82, 2.24) is 5.32 Å². The second-order valence-corrected chi connectivity index (χ2v) is 4.76. The average molecular weight is 267 g/mol. The Kier molecular flexibility index (Phi) is 5.79. The van der Waals surface area contributed by atoms with Gasteiger partial charge in [-0.3, -0.25) is 4.79 Å². The summed E-state index contributed by atoms with van der Waals surface area (Å²) in [5.41, 5.74) is 0.694. The van der Waals surface area contributed by atoms with Gasteiger partial charge < -0.3 is 20.3 Å². The summed E-state index contributed by atoms with van der Waals surface area (Å²) in [5.74, 6) is -0.293. The standard InChI is InChI=1S/C14H21NO4/c1-9(2)13(14(17)18)15-8-12(16)10-5-4-6-11(7-10)19-3/h4-7,9,12-13,15-16H,8H2,1-3H3,(H,17,18). The summed E-state index contributed by atoms with van der Waals surface area (Å²) in [6, 6.07) is 6.42. The molecular formula is C14H21NO4. The Morgan fingerprint density at radius 2 is 2.11 bits per heavy atom. The Morgan fingerprint density at radius 1 is 1.42 bits per heavy atom. The van der Waals surface area contributed by atoms with Crippen molar-refractivity contribution in [3.05, 3.63) is 29.8 Å². The SMILES string of the molecule is COc1cccc(C(O)CNC(C(=O)O)C(C)C)c1. The Balaban J connectivity index is 2.63. The van der Waals surface area contributed by atoms with Crippen LogP contribution in [0.2, 0.25) is 0 Å². The zero-order valence-corrected chi connectivity index (χ0v) is 11.5. The first-order valence-corrected chi connectivity index (χ1v) is 6.24. The minimum Gasteiger partial charge on any atom is -0.497 e. The van der Waals surface area contributed by atoms with Crippen molar-refractivity contribution in [3.63, 3.8) is 0 Å². The normalized spacial score (nSPS) is 14.2. The Hall–Kier alpha value is -1.59. The molecule has 0 amide bonds. The second-order valence-electron chi connectivity index (χ2n) is 4.76. The molecule has 0 saturated carbocycles. The molecule has 0 aromatic heterocycles. The summed E-state index contributed by atoms with van der Waals surface area (Å²) in [6.07, 6.45) is -0.768.